The summed E-state index contributed by atoms with van der Waals surface area (Å²) in [6.45, 7) is 2.17. The third kappa shape index (κ3) is 3.74. The monoisotopic (exact) mass is 277 g/mol. The number of para-hydroxylation sites is 1. The number of aliphatic hydroxyl groups is 1. The molecular formula is C17H27NO2. The van der Waals surface area contributed by atoms with Crippen LogP contribution in [0.1, 0.15) is 57.1 Å². The van der Waals surface area contributed by atoms with Crippen molar-refractivity contribution in [1.29, 1.82) is 0 Å². The first-order chi connectivity index (χ1) is 9.76. The number of hydrogen-bond donors (Lipinski definition) is 2. The molecule has 112 valence electrons. The Balaban J connectivity index is 2.15. The Morgan fingerprint density at radius 1 is 1.25 bits per heavy atom. The smallest absolute Gasteiger partial charge is 0.124 e. The first kappa shape index (κ1) is 15.3. The first-order valence-electron chi connectivity index (χ1n) is 7.87. The Kier molecular flexibility index (Phi) is 5.86. The summed E-state index contributed by atoms with van der Waals surface area (Å²) in [6, 6.07) is 8.49. The van der Waals surface area contributed by atoms with E-state index in [-0.39, 0.29) is 12.2 Å². The van der Waals surface area contributed by atoms with Gasteiger partial charge in [-0.25, -0.2) is 0 Å². The maximum Gasteiger partial charge on any atom is 0.124 e. The molecule has 1 aliphatic carbocycles. The van der Waals surface area contributed by atoms with E-state index in [4.69, 9.17) is 4.74 Å². The molecule has 20 heavy (non-hydrogen) atoms. The summed E-state index contributed by atoms with van der Waals surface area (Å²) >= 11 is 0. The molecule has 3 heteroatoms. The number of ether oxygens (including phenoxy) is 1. The van der Waals surface area contributed by atoms with Crippen LogP contribution in [0.15, 0.2) is 24.3 Å². The minimum atomic E-state index is -0.333. The van der Waals surface area contributed by atoms with Gasteiger partial charge in [0.15, 0.2) is 0 Å². The van der Waals surface area contributed by atoms with Gasteiger partial charge < -0.3 is 15.2 Å². The molecule has 3 unspecified atom stereocenters. The van der Waals surface area contributed by atoms with Crippen molar-refractivity contribution < 1.29 is 9.84 Å². The first-order valence-corrected chi connectivity index (χ1v) is 7.87. The van der Waals surface area contributed by atoms with Gasteiger partial charge in [-0.2, -0.15) is 0 Å². The highest BCUT2D eigenvalue weighted by Gasteiger charge is 2.24. The average molecular weight is 277 g/mol. The molecule has 2 N–H and O–H groups in total. The molecule has 0 radical (unpaired) electrons. The summed E-state index contributed by atoms with van der Waals surface area (Å²) in [5, 5.41) is 13.5. The summed E-state index contributed by atoms with van der Waals surface area (Å²) in [6.07, 6.45) is 5.89. The second kappa shape index (κ2) is 7.65. The van der Waals surface area contributed by atoms with E-state index in [1.807, 2.05) is 25.2 Å². The molecule has 1 fully saturated rings. The fraction of sp³-hybridized carbons (Fsp3) is 0.647. The van der Waals surface area contributed by atoms with Crippen LogP contribution in [0.4, 0.5) is 0 Å². The number of hydrogen-bond acceptors (Lipinski definition) is 3. The second-order valence-electron chi connectivity index (χ2n) is 5.65. The Bertz CT molecular complexity index is 404. The zero-order valence-electron chi connectivity index (χ0n) is 12.6. The van der Waals surface area contributed by atoms with Crippen LogP contribution < -0.4 is 10.1 Å². The summed E-state index contributed by atoms with van der Waals surface area (Å²) in [4.78, 5) is 0. The van der Waals surface area contributed by atoms with Gasteiger partial charge in [-0.3, -0.25) is 0 Å². The predicted octanol–water partition coefficient (Wildman–Crippen LogP) is 3.43. The molecule has 1 aromatic carbocycles. The third-order valence-corrected chi connectivity index (χ3v) is 4.25. The molecule has 0 bridgehead atoms. The number of nitrogens with one attached hydrogen (secondary N) is 1. The summed E-state index contributed by atoms with van der Waals surface area (Å²) in [5.74, 6) is 0.916. The molecule has 0 spiro atoms. The molecule has 0 amide bonds. The van der Waals surface area contributed by atoms with Crippen molar-refractivity contribution in [1.82, 2.24) is 5.32 Å². The minimum absolute atomic E-state index is 0.0620. The molecule has 0 saturated heterocycles. The zero-order valence-corrected chi connectivity index (χ0v) is 12.6. The topological polar surface area (TPSA) is 41.5 Å². The van der Waals surface area contributed by atoms with E-state index in [2.05, 4.69) is 18.3 Å². The predicted molar refractivity (Wildman–Crippen MR) is 82.0 cm³/mol. The fourth-order valence-corrected chi connectivity index (χ4v) is 3.01. The quantitative estimate of drug-likeness (QED) is 0.810. The maximum atomic E-state index is 10.2. The van der Waals surface area contributed by atoms with Crippen molar-refractivity contribution in [2.24, 2.45) is 0 Å². The van der Waals surface area contributed by atoms with Crippen LogP contribution in [0, 0.1) is 0 Å². The van der Waals surface area contributed by atoms with Crippen LogP contribution in [0.2, 0.25) is 0 Å². The number of aliphatic hydroxyl groups excluding tert-OH is 1. The van der Waals surface area contributed by atoms with E-state index in [1.54, 1.807) is 0 Å². The van der Waals surface area contributed by atoms with E-state index in [0.717, 1.165) is 37.9 Å². The van der Waals surface area contributed by atoms with Gasteiger partial charge in [-0.1, -0.05) is 38.0 Å². The number of benzene rings is 1. The molecule has 1 saturated carbocycles. The second-order valence-corrected chi connectivity index (χ2v) is 5.65. The lowest BCUT2D eigenvalue weighted by molar-refractivity contribution is 0.0311. The van der Waals surface area contributed by atoms with Crippen molar-refractivity contribution in [2.45, 2.75) is 63.7 Å². The summed E-state index contributed by atoms with van der Waals surface area (Å²) in [7, 11) is 1.98. The van der Waals surface area contributed by atoms with Gasteiger partial charge in [0.1, 0.15) is 11.9 Å². The van der Waals surface area contributed by atoms with Crippen molar-refractivity contribution in [3.8, 4) is 5.75 Å². The van der Waals surface area contributed by atoms with Crippen LogP contribution in [0.3, 0.4) is 0 Å². The Morgan fingerprint density at radius 3 is 2.75 bits per heavy atom. The zero-order chi connectivity index (χ0) is 14.4. The molecule has 0 aromatic heterocycles. The SMILES string of the molecule is CCC(NC)c1ccccc1OC1CCCCCC1O. The number of rotatable bonds is 5. The van der Waals surface area contributed by atoms with Gasteiger partial charge in [-0.15, -0.1) is 0 Å². The highest BCUT2D eigenvalue weighted by Crippen LogP contribution is 2.30. The van der Waals surface area contributed by atoms with E-state index < -0.39 is 0 Å². The normalized spacial score (nSPS) is 24.9. The van der Waals surface area contributed by atoms with Gasteiger partial charge in [0, 0.05) is 11.6 Å². The average Bonchev–Trinajstić information content (AvgIpc) is 2.67. The summed E-state index contributed by atoms with van der Waals surface area (Å²) in [5.41, 5.74) is 1.19. The highest BCUT2D eigenvalue weighted by molar-refractivity contribution is 5.36. The maximum absolute atomic E-state index is 10.2. The standard InChI is InChI=1S/C17H27NO2/c1-3-14(18-2)13-9-7-8-11-16(13)20-17-12-6-4-5-10-15(17)19/h7-9,11,14-15,17-19H,3-6,10,12H2,1-2H3. The van der Waals surface area contributed by atoms with Crippen LogP contribution in [0.5, 0.6) is 5.75 Å². The van der Waals surface area contributed by atoms with Gasteiger partial charge in [0.2, 0.25) is 0 Å². The molecule has 0 aliphatic heterocycles. The Labute approximate surface area is 122 Å². The van der Waals surface area contributed by atoms with Crippen molar-refractivity contribution in [3.63, 3.8) is 0 Å². The minimum Gasteiger partial charge on any atom is -0.487 e. The van der Waals surface area contributed by atoms with Crippen molar-refractivity contribution in [3.05, 3.63) is 29.8 Å². The molecule has 0 heterocycles. The van der Waals surface area contributed by atoms with E-state index in [9.17, 15) is 5.11 Å². The third-order valence-electron chi connectivity index (χ3n) is 4.25. The van der Waals surface area contributed by atoms with E-state index >= 15 is 0 Å². The van der Waals surface area contributed by atoms with Crippen molar-refractivity contribution >= 4 is 0 Å². The van der Waals surface area contributed by atoms with Crippen LogP contribution in [-0.4, -0.2) is 24.4 Å². The van der Waals surface area contributed by atoms with Crippen LogP contribution >= 0.6 is 0 Å². The fourth-order valence-electron chi connectivity index (χ4n) is 3.01. The largest absolute Gasteiger partial charge is 0.487 e. The van der Waals surface area contributed by atoms with Gasteiger partial charge in [0.25, 0.3) is 0 Å². The van der Waals surface area contributed by atoms with Gasteiger partial charge in [-0.05, 0) is 38.8 Å². The van der Waals surface area contributed by atoms with E-state index in [0.29, 0.717) is 6.04 Å². The Morgan fingerprint density at radius 2 is 2.00 bits per heavy atom. The van der Waals surface area contributed by atoms with Gasteiger partial charge in [0.05, 0.1) is 6.10 Å². The van der Waals surface area contributed by atoms with Crippen LogP contribution in [-0.2, 0) is 0 Å². The van der Waals surface area contributed by atoms with Crippen molar-refractivity contribution in [2.75, 3.05) is 7.05 Å². The highest BCUT2D eigenvalue weighted by atomic mass is 16.5. The molecular weight excluding hydrogens is 250 g/mol. The lowest BCUT2D eigenvalue weighted by atomic mass is 10.0. The molecule has 3 nitrogen and oxygen atoms in total. The van der Waals surface area contributed by atoms with Gasteiger partial charge >= 0.3 is 0 Å². The van der Waals surface area contributed by atoms with Crippen LogP contribution in [0.25, 0.3) is 0 Å². The Hall–Kier alpha value is -1.06. The molecule has 1 aliphatic rings. The van der Waals surface area contributed by atoms with E-state index in [1.165, 1.54) is 12.0 Å². The lowest BCUT2D eigenvalue weighted by Crippen LogP contribution is -2.31. The lowest BCUT2D eigenvalue weighted by Gasteiger charge is -2.25. The summed E-state index contributed by atoms with van der Waals surface area (Å²) < 4.78 is 6.17. The molecule has 2 rings (SSSR count). The molecule has 1 aromatic rings. The molecule has 3 atom stereocenters.